The molecule has 0 saturated carbocycles. The molecule has 0 aliphatic carbocycles. The number of aromatic nitrogens is 2. The molecule has 0 spiro atoms. The number of H-pyrrole nitrogens is 1. The highest BCUT2D eigenvalue weighted by molar-refractivity contribution is 6.30. The molecule has 0 radical (unpaired) electrons. The molecule has 2 rings (SSSR count). The van der Waals surface area contributed by atoms with E-state index < -0.39 is 0 Å². The number of aromatic amines is 1. The summed E-state index contributed by atoms with van der Waals surface area (Å²) in [6.45, 7) is 1.94. The normalized spacial score (nSPS) is 10.1. The molecule has 1 N–H and O–H groups in total. The summed E-state index contributed by atoms with van der Waals surface area (Å²) < 4.78 is 0. The summed E-state index contributed by atoms with van der Waals surface area (Å²) in [5, 5.41) is 9.30. The van der Waals surface area contributed by atoms with Gasteiger partial charge in [0, 0.05) is 16.3 Å². The molecule has 3 nitrogen and oxygen atoms in total. The molecule has 0 amide bonds. The van der Waals surface area contributed by atoms with Crippen LogP contribution in [0.15, 0.2) is 24.3 Å². The molecular formula is C12H10ClN3. The summed E-state index contributed by atoms with van der Waals surface area (Å²) in [5.74, 6) is 0.699. The number of halogens is 1. The lowest BCUT2D eigenvalue weighted by atomic mass is 10.1. The van der Waals surface area contributed by atoms with Crippen molar-refractivity contribution in [1.29, 1.82) is 5.26 Å². The van der Waals surface area contributed by atoms with Gasteiger partial charge in [0.05, 0.1) is 18.2 Å². The minimum absolute atomic E-state index is 0.300. The fourth-order valence-electron chi connectivity index (χ4n) is 1.57. The van der Waals surface area contributed by atoms with E-state index in [0.29, 0.717) is 17.3 Å². The molecule has 80 valence electrons. The first-order valence-corrected chi connectivity index (χ1v) is 5.27. The summed E-state index contributed by atoms with van der Waals surface area (Å²) in [6, 6.07) is 9.56. The van der Waals surface area contributed by atoms with Gasteiger partial charge in [-0.15, -0.1) is 0 Å². The van der Waals surface area contributed by atoms with Crippen LogP contribution in [0.2, 0.25) is 5.02 Å². The van der Waals surface area contributed by atoms with Crippen LogP contribution in [0.3, 0.4) is 0 Å². The van der Waals surface area contributed by atoms with Crippen molar-refractivity contribution in [2.75, 3.05) is 0 Å². The van der Waals surface area contributed by atoms with Gasteiger partial charge in [0.1, 0.15) is 5.82 Å². The molecule has 0 bridgehead atoms. The molecular weight excluding hydrogens is 222 g/mol. The molecule has 4 heteroatoms. The lowest BCUT2D eigenvalue weighted by Crippen LogP contribution is -1.83. The van der Waals surface area contributed by atoms with Crippen molar-refractivity contribution in [3.05, 3.63) is 40.8 Å². The van der Waals surface area contributed by atoms with Gasteiger partial charge in [0.2, 0.25) is 0 Å². The topological polar surface area (TPSA) is 52.5 Å². The molecule has 1 aromatic carbocycles. The summed E-state index contributed by atoms with van der Waals surface area (Å²) in [4.78, 5) is 7.47. The zero-order valence-corrected chi connectivity index (χ0v) is 9.54. The van der Waals surface area contributed by atoms with Crippen molar-refractivity contribution >= 4 is 11.6 Å². The van der Waals surface area contributed by atoms with Gasteiger partial charge in [-0.05, 0) is 19.1 Å². The monoisotopic (exact) mass is 231 g/mol. The largest absolute Gasteiger partial charge is 0.345 e. The molecule has 1 aromatic heterocycles. The number of nitriles is 1. The van der Waals surface area contributed by atoms with E-state index in [0.717, 1.165) is 17.0 Å². The van der Waals surface area contributed by atoms with Crippen LogP contribution in [0.25, 0.3) is 11.3 Å². The lowest BCUT2D eigenvalue weighted by Gasteiger charge is -1.98. The minimum atomic E-state index is 0.300. The second-order valence-electron chi connectivity index (χ2n) is 3.50. The zero-order valence-electron chi connectivity index (χ0n) is 8.79. The van der Waals surface area contributed by atoms with Crippen LogP contribution in [0.5, 0.6) is 0 Å². The predicted octanol–water partition coefficient (Wildman–Crippen LogP) is 3.10. The summed E-state index contributed by atoms with van der Waals surface area (Å²) in [5.41, 5.74) is 2.84. The first kappa shape index (κ1) is 10.7. The highest BCUT2D eigenvalue weighted by Crippen LogP contribution is 2.22. The fraction of sp³-hybridized carbons (Fsp3) is 0.167. The third-order valence-corrected chi connectivity index (χ3v) is 2.55. The van der Waals surface area contributed by atoms with E-state index >= 15 is 0 Å². The molecule has 2 aromatic rings. The van der Waals surface area contributed by atoms with Gasteiger partial charge in [0.15, 0.2) is 0 Å². The first-order chi connectivity index (χ1) is 7.70. The second-order valence-corrected chi connectivity index (χ2v) is 3.94. The number of rotatable bonds is 2. The maximum absolute atomic E-state index is 8.60. The molecule has 0 aliphatic rings. The predicted molar refractivity (Wildman–Crippen MR) is 63.1 cm³/mol. The van der Waals surface area contributed by atoms with Crippen LogP contribution in [0.1, 0.15) is 11.5 Å². The van der Waals surface area contributed by atoms with E-state index in [-0.39, 0.29) is 0 Å². The summed E-state index contributed by atoms with van der Waals surface area (Å²) >= 11 is 5.82. The van der Waals surface area contributed by atoms with E-state index in [2.05, 4.69) is 16.0 Å². The van der Waals surface area contributed by atoms with E-state index in [9.17, 15) is 0 Å². The zero-order chi connectivity index (χ0) is 11.5. The minimum Gasteiger partial charge on any atom is -0.345 e. The Hall–Kier alpha value is -1.79. The van der Waals surface area contributed by atoms with Crippen molar-refractivity contribution in [2.24, 2.45) is 0 Å². The van der Waals surface area contributed by atoms with Crippen LogP contribution in [0.4, 0.5) is 0 Å². The number of hydrogen-bond donors (Lipinski definition) is 1. The molecule has 0 unspecified atom stereocenters. The molecule has 0 fully saturated rings. The van der Waals surface area contributed by atoms with Crippen molar-refractivity contribution in [2.45, 2.75) is 13.3 Å². The van der Waals surface area contributed by atoms with Gasteiger partial charge in [-0.3, -0.25) is 0 Å². The van der Waals surface area contributed by atoms with Crippen LogP contribution in [-0.4, -0.2) is 9.97 Å². The Morgan fingerprint density at radius 3 is 2.69 bits per heavy atom. The van der Waals surface area contributed by atoms with Gasteiger partial charge >= 0.3 is 0 Å². The Labute approximate surface area is 98.7 Å². The van der Waals surface area contributed by atoms with Gasteiger partial charge in [-0.2, -0.15) is 5.26 Å². The Morgan fingerprint density at radius 2 is 2.06 bits per heavy atom. The van der Waals surface area contributed by atoms with Crippen LogP contribution < -0.4 is 0 Å². The first-order valence-electron chi connectivity index (χ1n) is 4.89. The van der Waals surface area contributed by atoms with Crippen LogP contribution in [-0.2, 0) is 6.42 Å². The van der Waals surface area contributed by atoms with Crippen molar-refractivity contribution in [1.82, 2.24) is 9.97 Å². The maximum Gasteiger partial charge on any atom is 0.121 e. The number of hydrogen-bond acceptors (Lipinski definition) is 2. The number of benzene rings is 1. The Morgan fingerprint density at radius 1 is 1.38 bits per heavy atom. The highest BCUT2D eigenvalue weighted by Gasteiger charge is 2.08. The second kappa shape index (κ2) is 4.38. The van der Waals surface area contributed by atoms with Crippen molar-refractivity contribution < 1.29 is 0 Å². The molecule has 0 atom stereocenters. The fourth-order valence-corrected chi connectivity index (χ4v) is 1.70. The SMILES string of the molecule is Cc1[nH]c(CC#N)nc1-c1ccc(Cl)cc1. The van der Waals surface area contributed by atoms with E-state index in [4.69, 9.17) is 16.9 Å². The van der Waals surface area contributed by atoms with Crippen molar-refractivity contribution in [3.63, 3.8) is 0 Å². The number of aryl methyl sites for hydroxylation is 1. The molecule has 1 heterocycles. The van der Waals surface area contributed by atoms with E-state index in [1.165, 1.54) is 0 Å². The van der Waals surface area contributed by atoms with E-state index in [1.807, 2.05) is 31.2 Å². The Balaban J connectivity index is 2.40. The standard InChI is InChI=1S/C12H10ClN3/c1-8-12(16-11(15-8)6-7-14)9-2-4-10(13)5-3-9/h2-5H,6H2,1H3,(H,15,16). The summed E-state index contributed by atoms with van der Waals surface area (Å²) in [7, 11) is 0. The van der Waals surface area contributed by atoms with Crippen molar-refractivity contribution in [3.8, 4) is 17.3 Å². The van der Waals surface area contributed by atoms with Gasteiger partial charge < -0.3 is 4.98 Å². The Kier molecular flexibility index (Phi) is 2.93. The third kappa shape index (κ3) is 2.07. The lowest BCUT2D eigenvalue weighted by molar-refractivity contribution is 1.05. The quantitative estimate of drug-likeness (QED) is 0.864. The number of nitrogens with one attached hydrogen (secondary N) is 1. The smallest absolute Gasteiger partial charge is 0.121 e. The summed E-state index contributed by atoms with van der Waals surface area (Å²) in [6.07, 6.45) is 0.300. The maximum atomic E-state index is 8.60. The van der Waals surface area contributed by atoms with Gasteiger partial charge in [0.25, 0.3) is 0 Å². The molecule has 0 saturated heterocycles. The van der Waals surface area contributed by atoms with E-state index in [1.54, 1.807) is 0 Å². The molecule has 16 heavy (non-hydrogen) atoms. The van der Waals surface area contributed by atoms with Gasteiger partial charge in [-0.1, -0.05) is 23.7 Å². The average molecular weight is 232 g/mol. The third-order valence-electron chi connectivity index (χ3n) is 2.30. The highest BCUT2D eigenvalue weighted by atomic mass is 35.5. The van der Waals surface area contributed by atoms with Crippen LogP contribution in [0, 0.1) is 18.3 Å². The number of nitrogens with zero attached hydrogens (tertiary/aromatic N) is 2. The molecule has 0 aliphatic heterocycles. The Bertz CT molecular complexity index is 534. The average Bonchev–Trinajstić information content (AvgIpc) is 2.61. The van der Waals surface area contributed by atoms with Gasteiger partial charge in [-0.25, -0.2) is 4.98 Å². The van der Waals surface area contributed by atoms with Crippen LogP contribution >= 0.6 is 11.6 Å². The number of imidazole rings is 1.